The number of carbonyl (C=O) groups is 1. The normalized spacial score (nSPS) is 30.8. The van der Waals surface area contributed by atoms with E-state index in [2.05, 4.69) is 25.7 Å². The number of ether oxygens (including phenoxy) is 1. The van der Waals surface area contributed by atoms with Crippen molar-refractivity contribution in [1.29, 1.82) is 0 Å². The Morgan fingerprint density at radius 1 is 1.33 bits per heavy atom. The highest BCUT2D eigenvalue weighted by Gasteiger charge is 2.43. The van der Waals surface area contributed by atoms with Crippen molar-refractivity contribution in [2.45, 2.75) is 30.9 Å². The fourth-order valence-corrected chi connectivity index (χ4v) is 3.92. The third-order valence-corrected chi connectivity index (χ3v) is 5.11. The Morgan fingerprint density at radius 2 is 2.29 bits per heavy atom. The topological polar surface area (TPSA) is 82.6 Å². The number of anilines is 1. The smallest absolute Gasteiger partial charge is 0.241 e. The fourth-order valence-electron chi connectivity index (χ4n) is 3.92. The molecule has 1 spiro atoms. The maximum Gasteiger partial charge on any atom is 0.241 e. The molecule has 130 valence electrons. The van der Waals surface area contributed by atoms with E-state index < -0.39 is 0 Å². The summed E-state index contributed by atoms with van der Waals surface area (Å²) in [6, 6.07) is -0.111. The molecule has 2 atom stereocenters. The van der Waals surface area contributed by atoms with Crippen LogP contribution < -0.4 is 15.8 Å². The van der Waals surface area contributed by atoms with E-state index in [4.69, 9.17) is 4.74 Å². The van der Waals surface area contributed by atoms with Crippen LogP contribution >= 0.6 is 0 Å². The van der Waals surface area contributed by atoms with Gasteiger partial charge in [-0.1, -0.05) is 0 Å². The summed E-state index contributed by atoms with van der Waals surface area (Å²) in [5.74, 6) is 1.06. The van der Waals surface area contributed by atoms with Crippen LogP contribution in [0.3, 0.4) is 0 Å². The van der Waals surface area contributed by atoms with Gasteiger partial charge in [0.2, 0.25) is 5.91 Å². The van der Waals surface area contributed by atoms with Crippen molar-refractivity contribution in [3.05, 3.63) is 18.6 Å². The molecule has 4 heterocycles. The molecule has 0 aromatic carbocycles. The van der Waals surface area contributed by atoms with Crippen LogP contribution in [0.25, 0.3) is 0 Å². The predicted molar refractivity (Wildman–Crippen MR) is 88.3 cm³/mol. The molecule has 0 bridgehead atoms. The highest BCUT2D eigenvalue weighted by Crippen LogP contribution is 2.31. The second kappa shape index (κ2) is 6.62. The van der Waals surface area contributed by atoms with Gasteiger partial charge in [-0.25, -0.2) is 10.4 Å². The minimum atomic E-state index is -0.296. The monoisotopic (exact) mass is 332 g/mol. The number of aromatic nitrogens is 2. The Hall–Kier alpha value is -1.77. The van der Waals surface area contributed by atoms with E-state index in [1.807, 2.05) is 4.90 Å². The Morgan fingerprint density at radius 3 is 3.08 bits per heavy atom. The third kappa shape index (κ3) is 3.09. The number of carbonyl (C=O) groups excluding carboxylic acids is 1. The molecule has 0 radical (unpaired) electrons. The van der Waals surface area contributed by atoms with Crippen molar-refractivity contribution in [3.8, 4) is 0 Å². The Bertz CT molecular complexity index is 575. The average Bonchev–Trinajstić information content (AvgIpc) is 3.17. The molecule has 2 N–H and O–H groups in total. The first-order chi connectivity index (χ1) is 11.8. The van der Waals surface area contributed by atoms with Crippen LogP contribution in [0.15, 0.2) is 18.6 Å². The molecule has 0 saturated carbocycles. The summed E-state index contributed by atoms with van der Waals surface area (Å²) in [6.45, 7) is 4.47. The Kier molecular flexibility index (Phi) is 4.34. The minimum Gasteiger partial charge on any atom is -0.369 e. The number of rotatable bonds is 2. The Labute approximate surface area is 141 Å². The van der Waals surface area contributed by atoms with E-state index in [1.165, 1.54) is 0 Å². The second-order valence-corrected chi connectivity index (χ2v) is 6.79. The molecule has 24 heavy (non-hydrogen) atoms. The minimum absolute atomic E-state index is 0.111. The molecule has 2 unspecified atom stereocenters. The van der Waals surface area contributed by atoms with Crippen molar-refractivity contribution in [2.24, 2.45) is 0 Å². The molecule has 0 aliphatic carbocycles. The highest BCUT2D eigenvalue weighted by molar-refractivity contribution is 5.82. The molecule has 1 amide bonds. The SMILES string of the molecule is O=C(C1CCNN1)N1CCOC2(CCCN(c3cnccn3)C2)C1. The summed E-state index contributed by atoms with van der Waals surface area (Å²) in [7, 11) is 0. The molecule has 1 aromatic heterocycles. The first-order valence-corrected chi connectivity index (χ1v) is 8.68. The number of hydrogen-bond donors (Lipinski definition) is 2. The molecule has 3 saturated heterocycles. The number of hydrazine groups is 1. The number of piperidine rings is 1. The van der Waals surface area contributed by atoms with Gasteiger partial charge in [0.05, 0.1) is 25.9 Å². The van der Waals surface area contributed by atoms with Crippen LogP contribution in [0.5, 0.6) is 0 Å². The van der Waals surface area contributed by atoms with E-state index in [9.17, 15) is 4.79 Å². The molecule has 8 nitrogen and oxygen atoms in total. The van der Waals surface area contributed by atoms with Crippen LogP contribution in [0.2, 0.25) is 0 Å². The van der Waals surface area contributed by atoms with Gasteiger partial charge in [-0.05, 0) is 19.3 Å². The number of morpholine rings is 1. The number of amides is 1. The maximum absolute atomic E-state index is 12.7. The van der Waals surface area contributed by atoms with Crippen molar-refractivity contribution in [2.75, 3.05) is 44.2 Å². The van der Waals surface area contributed by atoms with Gasteiger partial charge in [-0.3, -0.25) is 15.2 Å². The van der Waals surface area contributed by atoms with Gasteiger partial charge in [0.25, 0.3) is 0 Å². The lowest BCUT2D eigenvalue weighted by Gasteiger charge is -2.48. The standard InChI is InChI=1S/C16H24N6O2/c23-15(13-2-4-19-20-13)22-8-9-24-16(12-22)3-1-7-21(11-16)14-10-17-5-6-18-14/h5-6,10,13,19-20H,1-4,7-9,11-12H2. The molecule has 3 fully saturated rings. The first-order valence-electron chi connectivity index (χ1n) is 8.68. The van der Waals surface area contributed by atoms with Gasteiger partial charge in [0.1, 0.15) is 17.5 Å². The van der Waals surface area contributed by atoms with E-state index >= 15 is 0 Å². The quantitative estimate of drug-likeness (QED) is 0.758. The zero-order chi connectivity index (χ0) is 16.4. The number of nitrogens with zero attached hydrogens (tertiary/aromatic N) is 4. The molecule has 3 aliphatic rings. The molecule has 1 aromatic rings. The van der Waals surface area contributed by atoms with E-state index in [1.54, 1.807) is 18.6 Å². The predicted octanol–water partition coefficient (Wildman–Crippen LogP) is -0.459. The van der Waals surface area contributed by atoms with Gasteiger partial charge in [-0.2, -0.15) is 0 Å². The largest absolute Gasteiger partial charge is 0.369 e. The average molecular weight is 332 g/mol. The first kappa shape index (κ1) is 15.7. The zero-order valence-corrected chi connectivity index (χ0v) is 13.8. The lowest BCUT2D eigenvalue weighted by atomic mass is 9.90. The third-order valence-electron chi connectivity index (χ3n) is 5.11. The van der Waals surface area contributed by atoms with E-state index in [0.717, 1.165) is 44.7 Å². The van der Waals surface area contributed by atoms with Gasteiger partial charge < -0.3 is 14.5 Å². The molecule has 8 heteroatoms. The lowest BCUT2D eigenvalue weighted by Crippen LogP contribution is -2.62. The summed E-state index contributed by atoms with van der Waals surface area (Å²) < 4.78 is 6.18. The summed E-state index contributed by atoms with van der Waals surface area (Å²) in [4.78, 5) is 25.5. The maximum atomic E-state index is 12.7. The second-order valence-electron chi connectivity index (χ2n) is 6.79. The van der Waals surface area contributed by atoms with E-state index in [0.29, 0.717) is 19.7 Å². The Balaban J connectivity index is 1.46. The van der Waals surface area contributed by atoms with Crippen LogP contribution in [0, 0.1) is 0 Å². The van der Waals surface area contributed by atoms with Crippen LogP contribution in [-0.2, 0) is 9.53 Å². The van der Waals surface area contributed by atoms with Gasteiger partial charge in [0.15, 0.2) is 0 Å². The van der Waals surface area contributed by atoms with Gasteiger partial charge in [0, 0.05) is 32.0 Å². The van der Waals surface area contributed by atoms with Crippen molar-refractivity contribution < 1.29 is 9.53 Å². The van der Waals surface area contributed by atoms with Crippen molar-refractivity contribution >= 4 is 11.7 Å². The van der Waals surface area contributed by atoms with Gasteiger partial charge in [-0.15, -0.1) is 0 Å². The molecular formula is C16H24N6O2. The molecular weight excluding hydrogens is 308 g/mol. The summed E-state index contributed by atoms with van der Waals surface area (Å²) in [5.41, 5.74) is 5.81. The summed E-state index contributed by atoms with van der Waals surface area (Å²) in [6.07, 6.45) is 8.04. The molecule has 3 aliphatic heterocycles. The highest BCUT2D eigenvalue weighted by atomic mass is 16.5. The summed E-state index contributed by atoms with van der Waals surface area (Å²) >= 11 is 0. The molecule has 4 rings (SSSR count). The zero-order valence-electron chi connectivity index (χ0n) is 13.8. The van der Waals surface area contributed by atoms with E-state index in [-0.39, 0.29) is 17.6 Å². The lowest BCUT2D eigenvalue weighted by molar-refractivity contribution is -0.153. The van der Waals surface area contributed by atoms with Crippen LogP contribution in [0.4, 0.5) is 5.82 Å². The van der Waals surface area contributed by atoms with Crippen molar-refractivity contribution in [1.82, 2.24) is 25.7 Å². The van der Waals surface area contributed by atoms with Gasteiger partial charge >= 0.3 is 0 Å². The number of nitrogens with one attached hydrogen (secondary N) is 2. The fraction of sp³-hybridized carbons (Fsp3) is 0.688. The van der Waals surface area contributed by atoms with Crippen LogP contribution in [-0.4, -0.2) is 71.7 Å². The van der Waals surface area contributed by atoms with Crippen molar-refractivity contribution in [3.63, 3.8) is 0 Å². The summed E-state index contributed by atoms with van der Waals surface area (Å²) in [5, 5.41) is 0. The number of hydrogen-bond acceptors (Lipinski definition) is 7. The van der Waals surface area contributed by atoms with Crippen LogP contribution in [0.1, 0.15) is 19.3 Å².